The van der Waals surface area contributed by atoms with Crippen molar-refractivity contribution in [3.8, 4) is 0 Å². The van der Waals surface area contributed by atoms with Crippen LogP contribution < -0.4 is 0 Å². The van der Waals surface area contributed by atoms with E-state index in [9.17, 15) is 0 Å². The van der Waals surface area contributed by atoms with E-state index in [-0.39, 0.29) is 8.80 Å². The van der Waals surface area contributed by atoms with Crippen LogP contribution in [0.25, 0.3) is 0 Å². The Balaban J connectivity index is 2.93. The summed E-state index contributed by atoms with van der Waals surface area (Å²) in [5, 5.41) is 0. The highest BCUT2D eigenvalue weighted by atomic mass is 28.3. The molecule has 0 aromatic carbocycles. The van der Waals surface area contributed by atoms with Crippen molar-refractivity contribution in [3.63, 3.8) is 0 Å². The molecule has 1 nitrogen and oxygen atoms in total. The summed E-state index contributed by atoms with van der Waals surface area (Å²) in [7, 11) is -0.531. The van der Waals surface area contributed by atoms with Gasteiger partial charge in [0.2, 0.25) is 9.04 Å². The first kappa shape index (κ1) is 8.39. The first-order chi connectivity index (χ1) is 3.63. The molecule has 8 heavy (non-hydrogen) atoms. The second-order valence-electron chi connectivity index (χ2n) is 2.40. The molecule has 0 bridgehead atoms. The lowest BCUT2D eigenvalue weighted by Gasteiger charge is -2.05. The van der Waals surface area contributed by atoms with Gasteiger partial charge >= 0.3 is 0 Å². The molecule has 0 saturated heterocycles. The Bertz CT molecular complexity index is 46.4. The number of hydrogen-bond acceptors (Lipinski definition) is 1. The maximum absolute atomic E-state index is 5.45. The molecule has 0 rings (SSSR count). The normalized spacial score (nSPS) is 11.2. The second-order valence-corrected chi connectivity index (χ2v) is 7.21. The molecule has 0 heterocycles. The largest absolute Gasteiger partial charge is 0.421 e. The summed E-state index contributed by atoms with van der Waals surface area (Å²) >= 11 is 0. The van der Waals surface area contributed by atoms with Crippen LogP contribution in [0.4, 0.5) is 0 Å². The van der Waals surface area contributed by atoms with Crippen LogP contribution in [0.2, 0.25) is 26.2 Å². The lowest BCUT2D eigenvalue weighted by molar-refractivity contribution is 0.395. The number of hydrogen-bond donors (Lipinski definition) is 0. The van der Waals surface area contributed by atoms with Crippen LogP contribution in [0, 0.1) is 0 Å². The van der Waals surface area contributed by atoms with E-state index >= 15 is 0 Å². The summed E-state index contributed by atoms with van der Waals surface area (Å²) in [6.45, 7) is 8.90. The average molecular weight is 146 g/mol. The van der Waals surface area contributed by atoms with Gasteiger partial charge in [0.1, 0.15) is 0 Å². The minimum Gasteiger partial charge on any atom is -0.421 e. The molecule has 48 valence electrons. The molecule has 2 radical (unpaired) electrons. The van der Waals surface area contributed by atoms with Crippen LogP contribution in [-0.4, -0.2) is 24.1 Å². The first-order valence-corrected chi connectivity index (χ1v) is 7.96. The molecule has 0 aromatic heterocycles. The van der Waals surface area contributed by atoms with E-state index in [0.29, 0.717) is 0 Å². The minimum atomic E-state index is -0.404. The van der Waals surface area contributed by atoms with E-state index in [2.05, 4.69) is 26.2 Å². The zero-order valence-corrected chi connectivity index (χ0v) is 8.12. The SMILES string of the molecule is C[Si](C)CO[Si](C)C. The molecule has 0 saturated carbocycles. The highest BCUT2D eigenvalue weighted by Crippen LogP contribution is 1.86. The van der Waals surface area contributed by atoms with Crippen molar-refractivity contribution >= 4 is 17.8 Å². The van der Waals surface area contributed by atoms with E-state index in [0.717, 1.165) is 6.23 Å². The summed E-state index contributed by atoms with van der Waals surface area (Å²) < 4.78 is 5.45. The Morgan fingerprint density at radius 3 is 1.75 bits per heavy atom. The lowest BCUT2D eigenvalue weighted by atomic mass is 11.7. The summed E-state index contributed by atoms with van der Waals surface area (Å²) in [4.78, 5) is 0. The monoisotopic (exact) mass is 146 g/mol. The Morgan fingerprint density at radius 1 is 1.12 bits per heavy atom. The van der Waals surface area contributed by atoms with Gasteiger partial charge < -0.3 is 4.43 Å². The molecular formula is C5H14OSi2. The molecule has 0 aliphatic carbocycles. The summed E-state index contributed by atoms with van der Waals surface area (Å²) in [5.74, 6) is 0. The smallest absolute Gasteiger partial charge is 0.204 e. The van der Waals surface area contributed by atoms with Gasteiger partial charge in [-0.2, -0.15) is 0 Å². The molecular weight excluding hydrogens is 132 g/mol. The van der Waals surface area contributed by atoms with Gasteiger partial charge in [-0.05, 0) is 13.1 Å². The van der Waals surface area contributed by atoms with Gasteiger partial charge in [0.05, 0.1) is 8.80 Å². The van der Waals surface area contributed by atoms with E-state index in [1.807, 2.05) is 0 Å². The molecule has 0 aliphatic heterocycles. The molecule has 0 N–H and O–H groups in total. The minimum absolute atomic E-state index is 0.127. The fourth-order valence-electron chi connectivity index (χ4n) is 0.289. The van der Waals surface area contributed by atoms with Crippen molar-refractivity contribution in [2.75, 3.05) is 6.23 Å². The maximum Gasteiger partial charge on any atom is 0.204 e. The second kappa shape index (κ2) is 4.29. The van der Waals surface area contributed by atoms with Gasteiger partial charge in [0.25, 0.3) is 0 Å². The molecule has 3 heteroatoms. The number of rotatable bonds is 3. The van der Waals surface area contributed by atoms with Crippen molar-refractivity contribution in [2.24, 2.45) is 0 Å². The van der Waals surface area contributed by atoms with Crippen LogP contribution in [0.5, 0.6) is 0 Å². The molecule has 0 atom stereocenters. The van der Waals surface area contributed by atoms with Crippen LogP contribution in [-0.2, 0) is 4.43 Å². The molecule has 0 amide bonds. The third kappa shape index (κ3) is 6.39. The highest BCUT2D eigenvalue weighted by Gasteiger charge is 1.98. The standard InChI is InChI=1S/C5H14OSi2/c1-7(2)5-6-8(3)4/h5H2,1-4H3. The quantitative estimate of drug-likeness (QED) is 0.549. The van der Waals surface area contributed by atoms with Crippen LogP contribution in [0.1, 0.15) is 0 Å². The Labute approximate surface area is 55.4 Å². The third-order valence-electron chi connectivity index (χ3n) is 0.650. The summed E-state index contributed by atoms with van der Waals surface area (Å²) in [6.07, 6.45) is 1.03. The zero-order valence-electron chi connectivity index (χ0n) is 6.12. The van der Waals surface area contributed by atoms with E-state index in [1.165, 1.54) is 0 Å². The van der Waals surface area contributed by atoms with Crippen molar-refractivity contribution in [1.82, 2.24) is 0 Å². The van der Waals surface area contributed by atoms with Gasteiger partial charge in [0, 0.05) is 6.23 Å². The predicted molar refractivity (Wildman–Crippen MR) is 40.9 cm³/mol. The fraction of sp³-hybridized carbons (Fsp3) is 1.00. The molecule has 0 aliphatic rings. The van der Waals surface area contributed by atoms with Crippen molar-refractivity contribution in [2.45, 2.75) is 26.2 Å². The van der Waals surface area contributed by atoms with Gasteiger partial charge in [-0.3, -0.25) is 0 Å². The van der Waals surface area contributed by atoms with E-state index in [4.69, 9.17) is 4.43 Å². The lowest BCUT2D eigenvalue weighted by Crippen LogP contribution is -2.18. The van der Waals surface area contributed by atoms with Crippen LogP contribution >= 0.6 is 0 Å². The molecule has 0 unspecified atom stereocenters. The first-order valence-electron chi connectivity index (χ1n) is 2.85. The van der Waals surface area contributed by atoms with Gasteiger partial charge in [-0.25, -0.2) is 0 Å². The Kier molecular flexibility index (Phi) is 4.50. The Hall–Kier alpha value is 0.394. The van der Waals surface area contributed by atoms with E-state index in [1.54, 1.807) is 0 Å². The third-order valence-corrected chi connectivity index (χ3v) is 2.38. The zero-order chi connectivity index (χ0) is 6.57. The molecule has 0 spiro atoms. The highest BCUT2D eigenvalue weighted by molar-refractivity contribution is 6.57. The molecule has 0 aromatic rings. The maximum atomic E-state index is 5.45. The van der Waals surface area contributed by atoms with Crippen molar-refractivity contribution in [1.29, 1.82) is 0 Å². The average Bonchev–Trinajstić information content (AvgIpc) is 1.61. The predicted octanol–water partition coefficient (Wildman–Crippen LogP) is 1.55. The van der Waals surface area contributed by atoms with Gasteiger partial charge in [-0.15, -0.1) is 0 Å². The Morgan fingerprint density at radius 2 is 1.62 bits per heavy atom. The van der Waals surface area contributed by atoms with E-state index < -0.39 is 9.04 Å². The van der Waals surface area contributed by atoms with Crippen molar-refractivity contribution in [3.05, 3.63) is 0 Å². The topological polar surface area (TPSA) is 9.23 Å². The van der Waals surface area contributed by atoms with Gasteiger partial charge in [0.15, 0.2) is 0 Å². The van der Waals surface area contributed by atoms with Crippen LogP contribution in [0.3, 0.4) is 0 Å². The van der Waals surface area contributed by atoms with Crippen molar-refractivity contribution < 1.29 is 4.43 Å². The molecule has 0 fully saturated rings. The fourth-order valence-corrected chi connectivity index (χ4v) is 2.60. The van der Waals surface area contributed by atoms with Gasteiger partial charge in [-0.1, -0.05) is 13.1 Å². The van der Waals surface area contributed by atoms with Crippen LogP contribution in [0.15, 0.2) is 0 Å². The summed E-state index contributed by atoms with van der Waals surface area (Å²) in [6, 6.07) is 0. The summed E-state index contributed by atoms with van der Waals surface area (Å²) in [5.41, 5.74) is 0.